The van der Waals surface area contributed by atoms with Gasteiger partial charge in [-0.2, -0.15) is 0 Å². The maximum atomic E-state index is 9.08. The average Bonchev–Trinajstić information content (AvgIpc) is 3.48. The molecular weight excluding hydrogens is 1100 g/mol. The number of rotatable bonds is 3. The van der Waals surface area contributed by atoms with Crippen molar-refractivity contribution in [3.05, 3.63) is 256 Å². The van der Waals surface area contributed by atoms with E-state index in [9.17, 15) is 0 Å². The van der Waals surface area contributed by atoms with E-state index < -0.39 is 7.12 Å². The summed E-state index contributed by atoms with van der Waals surface area (Å²) >= 11 is 20.2. The van der Waals surface area contributed by atoms with Crippen LogP contribution in [0.25, 0.3) is 119 Å². The molecule has 0 amide bonds. The molecule has 0 aliphatic heterocycles. The predicted molar refractivity (Wildman–Crippen MR) is 343 cm³/mol. The lowest BCUT2D eigenvalue weighted by molar-refractivity contribution is 0.426. The predicted octanol–water partition coefficient (Wildman–Crippen LogP) is 21.2. The van der Waals surface area contributed by atoms with Crippen LogP contribution in [0.2, 0.25) is 10.0 Å². The Balaban J connectivity index is 0.000000160. The fourth-order valence-electron chi connectivity index (χ4n) is 10.7. The standard InChI is InChI=1S/C38H23Cl.C18H9Br2Cl.C10H9BO2.3CH4/c39-26-19-20-33-34(21-26)36(30-18-8-12-25-10-2-4-14-28(25)30)23-37-32-16-6-5-15-31(32)35(22-38(33)37)29-17-7-11-24-9-1-3-13-27(24)29;19-17-8-15-12-6-5-10(21)7-16(12)18(20)9-14(15)11-3-1-2-4-13(11)17;12-11(13)10-7-3-5-8-4-1-2-6-9(8)10;;;/h1-23H;1-9H;1-7,12-13H;3*1H4. The van der Waals surface area contributed by atoms with E-state index in [2.05, 4.69) is 208 Å². The van der Waals surface area contributed by atoms with Crippen LogP contribution in [0.15, 0.2) is 246 Å². The van der Waals surface area contributed by atoms with Gasteiger partial charge in [-0.3, -0.25) is 0 Å². The molecule has 0 aliphatic rings. The summed E-state index contributed by atoms with van der Waals surface area (Å²) in [6.07, 6.45) is 0. The third-order valence-electron chi connectivity index (χ3n) is 14.0. The van der Waals surface area contributed by atoms with E-state index in [1.54, 1.807) is 6.07 Å². The Labute approximate surface area is 471 Å². The summed E-state index contributed by atoms with van der Waals surface area (Å²) in [6, 6.07) is 82.3. The number of benzene rings is 14. The molecule has 0 spiro atoms. The monoisotopic (exact) mass is 1150 g/mol. The molecule has 372 valence electrons. The molecule has 0 atom stereocenters. The summed E-state index contributed by atoms with van der Waals surface area (Å²) < 4.78 is 2.18. The molecule has 7 heteroatoms. The number of hydrogen-bond donors (Lipinski definition) is 2. The van der Waals surface area contributed by atoms with Gasteiger partial charge in [0.05, 0.1) is 0 Å². The smallest absolute Gasteiger partial charge is 0.423 e. The van der Waals surface area contributed by atoms with E-state index in [1.165, 1.54) is 103 Å². The van der Waals surface area contributed by atoms with Crippen molar-refractivity contribution in [3.63, 3.8) is 0 Å². The van der Waals surface area contributed by atoms with Crippen molar-refractivity contribution >= 4 is 165 Å². The first-order valence-corrected chi connectivity index (χ1v) is 26.3. The minimum Gasteiger partial charge on any atom is -0.423 e. The van der Waals surface area contributed by atoms with Crippen molar-refractivity contribution in [1.82, 2.24) is 0 Å². The third kappa shape index (κ3) is 9.85. The molecule has 0 unspecified atom stereocenters. The maximum Gasteiger partial charge on any atom is 0.489 e. The highest BCUT2D eigenvalue weighted by atomic mass is 79.9. The molecule has 0 saturated heterocycles. The van der Waals surface area contributed by atoms with Crippen LogP contribution in [-0.2, 0) is 0 Å². The number of fused-ring (bicyclic) bond motifs is 13. The Morgan fingerprint density at radius 2 is 0.605 bits per heavy atom. The van der Waals surface area contributed by atoms with Crippen molar-refractivity contribution < 1.29 is 10.0 Å². The molecule has 0 aromatic heterocycles. The summed E-state index contributed by atoms with van der Waals surface area (Å²) in [7, 11) is -1.40. The van der Waals surface area contributed by atoms with Gasteiger partial charge in [0.2, 0.25) is 0 Å². The molecule has 0 radical (unpaired) electrons. The zero-order valence-corrected chi connectivity index (χ0v) is 43.7. The first-order valence-electron chi connectivity index (χ1n) is 24.0. The Kier molecular flexibility index (Phi) is 16.0. The lowest BCUT2D eigenvalue weighted by atomic mass is 9.77. The Morgan fingerprint density at radius 3 is 1.13 bits per heavy atom. The Bertz CT molecular complexity index is 4480. The minimum atomic E-state index is -1.40. The van der Waals surface area contributed by atoms with Gasteiger partial charge in [0.1, 0.15) is 0 Å². The topological polar surface area (TPSA) is 40.5 Å². The van der Waals surface area contributed by atoms with Gasteiger partial charge in [0, 0.05) is 19.0 Å². The third-order valence-corrected chi connectivity index (χ3v) is 15.8. The van der Waals surface area contributed by atoms with Gasteiger partial charge in [-0.05, 0) is 173 Å². The Morgan fingerprint density at radius 1 is 0.263 bits per heavy atom. The van der Waals surface area contributed by atoms with E-state index in [-0.39, 0.29) is 22.3 Å². The summed E-state index contributed by atoms with van der Waals surface area (Å²) in [5.74, 6) is 0. The van der Waals surface area contributed by atoms with Crippen molar-refractivity contribution in [3.8, 4) is 22.3 Å². The number of hydrogen-bond acceptors (Lipinski definition) is 2. The lowest BCUT2D eigenvalue weighted by Crippen LogP contribution is -2.30. The quantitative estimate of drug-likeness (QED) is 0.137. The molecule has 0 fully saturated rings. The highest BCUT2D eigenvalue weighted by Crippen LogP contribution is 2.45. The van der Waals surface area contributed by atoms with Gasteiger partial charge in [-0.25, -0.2) is 0 Å². The van der Waals surface area contributed by atoms with Gasteiger partial charge in [-0.15, -0.1) is 0 Å². The second-order valence-electron chi connectivity index (χ2n) is 18.2. The molecule has 0 saturated carbocycles. The normalized spacial score (nSPS) is 11.0. The SMILES string of the molecule is C.C.C.Clc1ccc2c(c1)c(-c1cccc3ccccc13)cc1c3ccccc3c(-c3cccc4ccccc34)cc21.Clc1ccc2c(c1)c(Br)cc1c3ccccc3c(Br)cc21.OB(O)c1cccc2ccccc12. The zero-order valence-electron chi connectivity index (χ0n) is 39.0. The second kappa shape index (κ2) is 22.7. The molecule has 14 rings (SSSR count). The average molecular weight is 1160 g/mol. The van der Waals surface area contributed by atoms with Crippen molar-refractivity contribution in [2.75, 3.05) is 0 Å². The molecule has 2 N–H and O–H groups in total. The van der Waals surface area contributed by atoms with Crippen molar-refractivity contribution in [2.45, 2.75) is 22.3 Å². The van der Waals surface area contributed by atoms with E-state index in [0.717, 1.165) is 35.1 Å². The van der Waals surface area contributed by atoms with E-state index >= 15 is 0 Å². The lowest BCUT2D eigenvalue weighted by Gasteiger charge is -2.18. The molecule has 0 heterocycles. The van der Waals surface area contributed by atoms with Crippen LogP contribution < -0.4 is 5.46 Å². The zero-order chi connectivity index (χ0) is 49.7. The summed E-state index contributed by atoms with van der Waals surface area (Å²) in [6.45, 7) is 0. The molecule has 2 nitrogen and oxygen atoms in total. The van der Waals surface area contributed by atoms with Crippen LogP contribution in [0.1, 0.15) is 22.3 Å². The fraction of sp³-hybridized carbons (Fsp3) is 0.0435. The van der Waals surface area contributed by atoms with Gasteiger partial charge in [-0.1, -0.05) is 265 Å². The van der Waals surface area contributed by atoms with Crippen molar-refractivity contribution in [2.24, 2.45) is 0 Å². The summed E-state index contributed by atoms with van der Waals surface area (Å²) in [5.41, 5.74) is 5.50. The van der Waals surface area contributed by atoms with E-state index in [0.29, 0.717) is 5.46 Å². The van der Waals surface area contributed by atoms with Crippen molar-refractivity contribution in [1.29, 1.82) is 0 Å². The first kappa shape index (κ1) is 53.8. The van der Waals surface area contributed by atoms with Crippen LogP contribution >= 0.6 is 55.1 Å². The number of halogens is 4. The largest absolute Gasteiger partial charge is 0.489 e. The van der Waals surface area contributed by atoms with Gasteiger partial charge in [0.15, 0.2) is 0 Å². The van der Waals surface area contributed by atoms with Gasteiger partial charge in [0.25, 0.3) is 0 Å². The fourth-order valence-corrected chi connectivity index (χ4v) is 12.2. The molecule has 0 aliphatic carbocycles. The van der Waals surface area contributed by atoms with Crippen LogP contribution in [0.4, 0.5) is 0 Å². The molecule has 14 aromatic rings. The molecule has 0 bridgehead atoms. The second-order valence-corrected chi connectivity index (χ2v) is 20.8. The minimum absolute atomic E-state index is 0. The summed E-state index contributed by atoms with van der Waals surface area (Å²) in [4.78, 5) is 0. The van der Waals surface area contributed by atoms with Gasteiger partial charge >= 0.3 is 7.12 Å². The molecule has 14 aromatic carbocycles. The molecular formula is C69H53BBr2Cl2O2. The van der Waals surface area contributed by atoms with Crippen LogP contribution in [-0.4, -0.2) is 17.2 Å². The molecule has 76 heavy (non-hydrogen) atoms. The van der Waals surface area contributed by atoms with E-state index in [1.807, 2.05) is 54.6 Å². The van der Waals surface area contributed by atoms with E-state index in [4.69, 9.17) is 33.2 Å². The highest BCUT2D eigenvalue weighted by Gasteiger charge is 2.18. The van der Waals surface area contributed by atoms with Crippen LogP contribution in [0.3, 0.4) is 0 Å². The Hall–Kier alpha value is -7.06. The van der Waals surface area contributed by atoms with Crippen LogP contribution in [0, 0.1) is 0 Å². The van der Waals surface area contributed by atoms with Crippen LogP contribution in [0.5, 0.6) is 0 Å². The summed E-state index contributed by atoms with van der Waals surface area (Å²) in [5, 5.41) is 41.3. The highest BCUT2D eigenvalue weighted by molar-refractivity contribution is 9.11. The first-order chi connectivity index (χ1) is 35.7. The van der Waals surface area contributed by atoms with Gasteiger partial charge < -0.3 is 10.0 Å². The maximum absolute atomic E-state index is 9.08.